The van der Waals surface area contributed by atoms with Crippen LogP contribution in [0.25, 0.3) is 22.2 Å². The Bertz CT molecular complexity index is 1020. The summed E-state index contributed by atoms with van der Waals surface area (Å²) in [6.07, 6.45) is 4.33. The van der Waals surface area contributed by atoms with Crippen LogP contribution >= 0.6 is 0 Å². The van der Waals surface area contributed by atoms with Crippen molar-refractivity contribution in [2.24, 2.45) is 0 Å². The summed E-state index contributed by atoms with van der Waals surface area (Å²) in [6, 6.07) is 18.2. The van der Waals surface area contributed by atoms with Gasteiger partial charge in [0.15, 0.2) is 0 Å². The van der Waals surface area contributed by atoms with Gasteiger partial charge in [-0.05, 0) is 31.0 Å². The van der Waals surface area contributed by atoms with E-state index in [0.717, 1.165) is 27.7 Å². The largest absolute Gasteiger partial charge is 0.396 e. The van der Waals surface area contributed by atoms with Gasteiger partial charge in [0.25, 0.3) is 0 Å². The van der Waals surface area contributed by atoms with Crippen molar-refractivity contribution >= 4 is 10.9 Å². The van der Waals surface area contributed by atoms with E-state index < -0.39 is 0 Å². The zero-order valence-corrected chi connectivity index (χ0v) is 14.6. The molecule has 0 saturated heterocycles. The molecule has 0 aliphatic carbocycles. The summed E-state index contributed by atoms with van der Waals surface area (Å²) in [6.45, 7) is 2.15. The minimum Gasteiger partial charge on any atom is -0.396 e. The second-order valence-corrected chi connectivity index (χ2v) is 6.40. The van der Waals surface area contributed by atoms with Gasteiger partial charge in [0.2, 0.25) is 0 Å². The van der Waals surface area contributed by atoms with Crippen molar-refractivity contribution in [1.82, 2.24) is 20.0 Å². The number of aliphatic hydroxyl groups is 1. The Morgan fingerprint density at radius 2 is 1.85 bits per heavy atom. The maximum Gasteiger partial charge on any atom is 0.113 e. The zero-order chi connectivity index (χ0) is 17.9. The number of nitrogens with zero attached hydrogens (tertiary/aromatic N) is 4. The van der Waals surface area contributed by atoms with Crippen molar-refractivity contribution in [1.29, 1.82) is 0 Å². The molecule has 2 aromatic heterocycles. The van der Waals surface area contributed by atoms with Crippen molar-refractivity contribution in [3.63, 3.8) is 0 Å². The molecule has 1 atom stereocenters. The highest BCUT2D eigenvalue weighted by Crippen LogP contribution is 2.28. The topological polar surface area (TPSA) is 63.8 Å². The molecule has 0 bridgehead atoms. The highest BCUT2D eigenvalue weighted by Gasteiger charge is 2.17. The van der Waals surface area contributed by atoms with Crippen molar-refractivity contribution < 1.29 is 5.11 Å². The second kappa shape index (κ2) is 7.06. The van der Waals surface area contributed by atoms with E-state index in [1.807, 2.05) is 41.2 Å². The lowest BCUT2D eigenvalue weighted by atomic mass is 10.0. The Labute approximate surface area is 151 Å². The van der Waals surface area contributed by atoms with Gasteiger partial charge in [-0.25, -0.2) is 4.68 Å². The van der Waals surface area contributed by atoms with Crippen LogP contribution in [-0.2, 0) is 0 Å². The maximum absolute atomic E-state index is 9.51. The molecule has 0 saturated carbocycles. The van der Waals surface area contributed by atoms with E-state index in [1.54, 1.807) is 6.20 Å². The normalized spacial score (nSPS) is 12.4. The first kappa shape index (κ1) is 16.4. The SMILES string of the molecule is Cc1ccc(C(CCO)n2cc(-c3ccnc4ccccc34)nn2)cc1. The molecule has 0 amide bonds. The maximum atomic E-state index is 9.51. The highest BCUT2D eigenvalue weighted by atomic mass is 16.3. The molecule has 26 heavy (non-hydrogen) atoms. The van der Waals surface area contributed by atoms with Crippen molar-refractivity contribution in [2.75, 3.05) is 6.61 Å². The van der Waals surface area contributed by atoms with Gasteiger partial charge >= 0.3 is 0 Å². The van der Waals surface area contributed by atoms with Crippen LogP contribution in [0.15, 0.2) is 67.0 Å². The number of rotatable bonds is 5. The van der Waals surface area contributed by atoms with E-state index in [1.165, 1.54) is 5.56 Å². The third kappa shape index (κ3) is 3.09. The van der Waals surface area contributed by atoms with Gasteiger partial charge in [-0.1, -0.05) is 53.2 Å². The molecular formula is C21H20N4O. The molecule has 1 unspecified atom stereocenters. The van der Waals surface area contributed by atoms with Gasteiger partial charge in [0.1, 0.15) is 5.69 Å². The number of aliphatic hydroxyl groups excluding tert-OH is 1. The molecule has 0 spiro atoms. The van der Waals surface area contributed by atoms with Crippen LogP contribution in [0.4, 0.5) is 0 Å². The predicted octanol–water partition coefficient (Wildman–Crippen LogP) is 3.77. The molecule has 0 fully saturated rings. The lowest BCUT2D eigenvalue weighted by Gasteiger charge is -2.16. The first-order chi connectivity index (χ1) is 12.8. The van der Waals surface area contributed by atoms with Gasteiger partial charge < -0.3 is 5.11 Å². The minimum absolute atomic E-state index is 0.0463. The first-order valence-corrected chi connectivity index (χ1v) is 8.69. The molecule has 2 heterocycles. The smallest absolute Gasteiger partial charge is 0.113 e. The van der Waals surface area contributed by atoms with Crippen LogP contribution in [0.1, 0.15) is 23.6 Å². The Hall–Kier alpha value is -3.05. The molecule has 0 aliphatic heterocycles. The van der Waals surface area contributed by atoms with Crippen LogP contribution in [0, 0.1) is 6.92 Å². The molecule has 0 aliphatic rings. The average Bonchev–Trinajstić information content (AvgIpc) is 3.16. The van der Waals surface area contributed by atoms with E-state index in [2.05, 4.69) is 46.5 Å². The van der Waals surface area contributed by atoms with Gasteiger partial charge in [-0.2, -0.15) is 0 Å². The molecule has 0 radical (unpaired) electrons. The van der Waals surface area contributed by atoms with Crippen LogP contribution in [0.2, 0.25) is 0 Å². The standard InChI is InChI=1S/C21H20N4O/c1-15-6-8-16(9-7-15)21(11-13-26)25-14-20(23-24-25)18-10-12-22-19-5-3-2-4-17(18)19/h2-10,12,14,21,26H,11,13H2,1H3. The minimum atomic E-state index is -0.0463. The molecule has 1 N–H and O–H groups in total. The number of aromatic nitrogens is 4. The van der Waals surface area contributed by atoms with E-state index in [9.17, 15) is 5.11 Å². The Balaban J connectivity index is 1.75. The molecule has 5 nitrogen and oxygen atoms in total. The van der Waals surface area contributed by atoms with E-state index in [0.29, 0.717) is 6.42 Å². The van der Waals surface area contributed by atoms with Crippen molar-refractivity contribution in [3.05, 3.63) is 78.1 Å². The summed E-state index contributed by atoms with van der Waals surface area (Å²) >= 11 is 0. The van der Waals surface area contributed by atoms with E-state index >= 15 is 0 Å². The number of hydrogen-bond donors (Lipinski definition) is 1. The van der Waals surface area contributed by atoms with Crippen LogP contribution in [0.3, 0.4) is 0 Å². The first-order valence-electron chi connectivity index (χ1n) is 8.69. The molecule has 2 aromatic carbocycles. The molecule has 130 valence electrons. The molecule has 4 rings (SSSR count). The number of pyridine rings is 1. The number of hydrogen-bond acceptors (Lipinski definition) is 4. The van der Waals surface area contributed by atoms with Gasteiger partial charge in [0, 0.05) is 23.8 Å². The van der Waals surface area contributed by atoms with E-state index in [4.69, 9.17) is 0 Å². The summed E-state index contributed by atoms with van der Waals surface area (Å²) < 4.78 is 1.84. The van der Waals surface area contributed by atoms with Crippen molar-refractivity contribution in [3.8, 4) is 11.3 Å². The fraction of sp³-hybridized carbons (Fsp3) is 0.190. The summed E-state index contributed by atoms with van der Waals surface area (Å²) in [5, 5.41) is 19.3. The Kier molecular flexibility index (Phi) is 4.46. The van der Waals surface area contributed by atoms with Crippen molar-refractivity contribution in [2.45, 2.75) is 19.4 Å². The summed E-state index contributed by atoms with van der Waals surface area (Å²) in [5.74, 6) is 0. The van der Waals surface area contributed by atoms with Crippen LogP contribution in [-0.4, -0.2) is 31.7 Å². The van der Waals surface area contributed by atoms with Gasteiger partial charge in [-0.3, -0.25) is 4.98 Å². The van der Waals surface area contributed by atoms with Gasteiger partial charge in [0.05, 0.1) is 17.8 Å². The Morgan fingerprint density at radius 1 is 1.04 bits per heavy atom. The fourth-order valence-electron chi connectivity index (χ4n) is 3.23. The lowest BCUT2D eigenvalue weighted by Crippen LogP contribution is -2.13. The zero-order valence-electron chi connectivity index (χ0n) is 14.6. The second-order valence-electron chi connectivity index (χ2n) is 6.40. The average molecular weight is 344 g/mol. The number of benzene rings is 2. The summed E-state index contributed by atoms with van der Waals surface area (Å²) in [7, 11) is 0. The molecular weight excluding hydrogens is 324 g/mol. The number of aryl methyl sites for hydroxylation is 1. The number of fused-ring (bicyclic) bond motifs is 1. The van der Waals surface area contributed by atoms with E-state index in [-0.39, 0.29) is 12.6 Å². The highest BCUT2D eigenvalue weighted by molar-refractivity contribution is 5.92. The van der Waals surface area contributed by atoms with Crippen LogP contribution < -0.4 is 0 Å². The fourth-order valence-corrected chi connectivity index (χ4v) is 3.23. The number of para-hydroxylation sites is 1. The molecule has 4 aromatic rings. The summed E-state index contributed by atoms with van der Waals surface area (Å²) in [4.78, 5) is 4.41. The predicted molar refractivity (Wildman–Crippen MR) is 102 cm³/mol. The molecule has 5 heteroatoms. The third-order valence-electron chi connectivity index (χ3n) is 4.62. The third-order valence-corrected chi connectivity index (χ3v) is 4.62. The monoisotopic (exact) mass is 344 g/mol. The lowest BCUT2D eigenvalue weighted by molar-refractivity contribution is 0.262. The summed E-state index contributed by atoms with van der Waals surface area (Å²) in [5.41, 5.74) is 5.07. The van der Waals surface area contributed by atoms with Crippen LogP contribution in [0.5, 0.6) is 0 Å². The Morgan fingerprint density at radius 3 is 2.65 bits per heavy atom. The quantitative estimate of drug-likeness (QED) is 0.598. The van der Waals surface area contributed by atoms with Gasteiger partial charge in [-0.15, -0.1) is 5.10 Å².